The van der Waals surface area contributed by atoms with Crippen molar-refractivity contribution in [2.75, 3.05) is 6.54 Å². The van der Waals surface area contributed by atoms with Gasteiger partial charge in [-0.2, -0.15) is 0 Å². The predicted octanol–water partition coefficient (Wildman–Crippen LogP) is 2.69. The van der Waals surface area contributed by atoms with Crippen molar-refractivity contribution in [3.63, 3.8) is 0 Å². The quantitative estimate of drug-likeness (QED) is 0.532. The second kappa shape index (κ2) is 6.49. The van der Waals surface area contributed by atoms with Crippen LogP contribution >= 0.6 is 0 Å². The molecule has 9 nitrogen and oxygen atoms in total. The monoisotopic (exact) mass is 411 g/mol. The first-order valence-corrected chi connectivity index (χ1v) is 9.41. The van der Waals surface area contributed by atoms with E-state index in [1.807, 2.05) is 0 Å². The number of imidazole rings is 1. The summed E-state index contributed by atoms with van der Waals surface area (Å²) in [6, 6.07) is 5.83. The summed E-state index contributed by atoms with van der Waals surface area (Å²) in [5.41, 5.74) is 0.274. The summed E-state index contributed by atoms with van der Waals surface area (Å²) in [4.78, 5) is 22.0. The van der Waals surface area contributed by atoms with Crippen molar-refractivity contribution in [1.29, 1.82) is 0 Å². The zero-order valence-corrected chi connectivity index (χ0v) is 16.2. The highest BCUT2D eigenvalue weighted by atomic mass is 19.1. The molecule has 2 N–H and O–H groups in total. The molecule has 0 saturated carbocycles. The van der Waals surface area contributed by atoms with Crippen LogP contribution in [0.5, 0.6) is 0 Å². The maximum Gasteiger partial charge on any atom is 0.312 e. The van der Waals surface area contributed by atoms with Gasteiger partial charge >= 0.3 is 11.8 Å². The van der Waals surface area contributed by atoms with Gasteiger partial charge in [-0.25, -0.2) is 9.37 Å². The highest BCUT2D eigenvalue weighted by Crippen LogP contribution is 2.39. The number of H-pyrrole nitrogens is 1. The van der Waals surface area contributed by atoms with Crippen LogP contribution in [0.15, 0.2) is 39.4 Å². The molecule has 1 aromatic carbocycles. The molecule has 4 aromatic rings. The van der Waals surface area contributed by atoms with Crippen molar-refractivity contribution in [2.24, 2.45) is 0 Å². The van der Waals surface area contributed by atoms with Gasteiger partial charge in [-0.3, -0.25) is 4.79 Å². The number of furan rings is 1. The molecule has 0 fully saturated rings. The van der Waals surface area contributed by atoms with Crippen LogP contribution in [0, 0.1) is 5.82 Å². The molecule has 1 aliphatic heterocycles. The Labute approximate surface area is 169 Å². The SMILES string of the molecule is CC(C)(O)c1nnc(C(=O)N2CCc3[nH]cnc3[C@@H]2c2oc3ccccc3c2F)o1. The molecule has 0 unspecified atom stereocenters. The number of halogens is 1. The summed E-state index contributed by atoms with van der Waals surface area (Å²) in [5.74, 6) is -1.55. The van der Waals surface area contributed by atoms with E-state index in [1.54, 1.807) is 24.3 Å². The number of nitrogens with zero attached hydrogens (tertiary/aromatic N) is 4. The van der Waals surface area contributed by atoms with Crippen molar-refractivity contribution in [3.05, 3.63) is 65.3 Å². The lowest BCUT2D eigenvalue weighted by atomic mass is 9.99. The first-order chi connectivity index (χ1) is 14.3. The lowest BCUT2D eigenvalue weighted by Crippen LogP contribution is -2.41. The Hall–Kier alpha value is -3.53. The van der Waals surface area contributed by atoms with Crippen LogP contribution in [0.3, 0.4) is 0 Å². The number of rotatable bonds is 3. The molecule has 1 aliphatic rings. The number of carbonyl (C=O) groups excluding carboxylic acids is 1. The number of carbonyl (C=O) groups is 1. The van der Waals surface area contributed by atoms with E-state index < -0.39 is 23.4 Å². The van der Waals surface area contributed by atoms with E-state index in [0.717, 1.165) is 5.69 Å². The van der Waals surface area contributed by atoms with Crippen molar-refractivity contribution < 1.29 is 23.1 Å². The number of nitrogens with one attached hydrogen (secondary N) is 1. The third-order valence-electron chi connectivity index (χ3n) is 5.13. The molecule has 10 heteroatoms. The molecule has 0 saturated heterocycles. The minimum atomic E-state index is -1.40. The van der Waals surface area contributed by atoms with E-state index in [0.29, 0.717) is 23.1 Å². The highest BCUT2D eigenvalue weighted by molar-refractivity contribution is 5.90. The van der Waals surface area contributed by atoms with E-state index in [1.165, 1.54) is 25.1 Å². The van der Waals surface area contributed by atoms with E-state index in [9.17, 15) is 9.90 Å². The minimum Gasteiger partial charge on any atom is -0.455 e. The smallest absolute Gasteiger partial charge is 0.312 e. The summed E-state index contributed by atoms with van der Waals surface area (Å²) in [6.45, 7) is 3.20. The lowest BCUT2D eigenvalue weighted by molar-refractivity contribution is 0.0437. The molecular weight excluding hydrogens is 393 g/mol. The van der Waals surface area contributed by atoms with E-state index in [2.05, 4.69) is 20.2 Å². The number of para-hydroxylation sites is 1. The molecule has 5 rings (SSSR count). The summed E-state index contributed by atoms with van der Waals surface area (Å²) in [5, 5.41) is 17.9. The fraction of sp³-hybridized carbons (Fsp3) is 0.300. The standard InChI is InChI=1S/C20H18FN5O4/c1-20(2,28)19-25-24-17(30-19)18(27)26-8-7-11-14(23-9-22-11)15(26)16-13(21)10-5-3-4-6-12(10)29-16/h3-6,9,15,28H,7-8H2,1-2H3,(H,22,23)/t15-/m1/s1. The fourth-order valence-electron chi connectivity index (χ4n) is 3.65. The lowest BCUT2D eigenvalue weighted by Gasteiger charge is -2.32. The molecular formula is C20H18FN5O4. The average Bonchev–Trinajstić information content (AvgIpc) is 3.45. The van der Waals surface area contributed by atoms with Gasteiger partial charge in [0.25, 0.3) is 0 Å². The van der Waals surface area contributed by atoms with Gasteiger partial charge in [0, 0.05) is 18.7 Å². The van der Waals surface area contributed by atoms with Gasteiger partial charge in [-0.05, 0) is 26.0 Å². The van der Waals surface area contributed by atoms with Gasteiger partial charge in [0.15, 0.2) is 11.6 Å². The number of fused-ring (bicyclic) bond motifs is 2. The molecule has 1 atom stereocenters. The van der Waals surface area contributed by atoms with Crippen LogP contribution in [-0.2, 0) is 12.0 Å². The summed E-state index contributed by atoms with van der Waals surface area (Å²) in [7, 11) is 0. The van der Waals surface area contributed by atoms with E-state index in [4.69, 9.17) is 8.83 Å². The van der Waals surface area contributed by atoms with E-state index in [-0.39, 0.29) is 24.1 Å². The summed E-state index contributed by atoms with van der Waals surface area (Å²) >= 11 is 0. The van der Waals surface area contributed by atoms with Gasteiger partial charge in [-0.1, -0.05) is 12.1 Å². The second-order valence-corrected chi connectivity index (χ2v) is 7.67. The van der Waals surface area contributed by atoms with Gasteiger partial charge in [0.05, 0.1) is 17.4 Å². The number of hydrogen-bond acceptors (Lipinski definition) is 7. The Morgan fingerprint density at radius 3 is 2.83 bits per heavy atom. The molecule has 1 amide bonds. The maximum absolute atomic E-state index is 15.3. The number of aromatic amines is 1. The number of aromatic nitrogens is 4. The number of hydrogen-bond donors (Lipinski definition) is 2. The predicted molar refractivity (Wildman–Crippen MR) is 101 cm³/mol. The van der Waals surface area contributed by atoms with Crippen LogP contribution in [0.2, 0.25) is 0 Å². The third-order valence-corrected chi connectivity index (χ3v) is 5.13. The Kier molecular flexibility index (Phi) is 4.00. The van der Waals surface area contributed by atoms with Crippen LogP contribution in [-0.4, -0.2) is 42.6 Å². The van der Waals surface area contributed by atoms with E-state index >= 15 is 4.39 Å². The van der Waals surface area contributed by atoms with Gasteiger partial charge in [0.1, 0.15) is 17.2 Å². The zero-order valence-electron chi connectivity index (χ0n) is 16.2. The fourth-order valence-corrected chi connectivity index (χ4v) is 3.65. The molecule has 154 valence electrons. The van der Waals surface area contributed by atoms with Gasteiger partial charge in [0.2, 0.25) is 5.89 Å². The van der Waals surface area contributed by atoms with Gasteiger partial charge in [-0.15, -0.1) is 10.2 Å². The molecule has 0 bridgehead atoms. The summed E-state index contributed by atoms with van der Waals surface area (Å²) < 4.78 is 26.5. The topological polar surface area (TPSA) is 121 Å². The highest BCUT2D eigenvalue weighted by Gasteiger charge is 2.41. The average molecular weight is 411 g/mol. The first kappa shape index (κ1) is 18.5. The largest absolute Gasteiger partial charge is 0.455 e. The normalized spacial score (nSPS) is 16.8. The Morgan fingerprint density at radius 1 is 1.30 bits per heavy atom. The van der Waals surface area contributed by atoms with Crippen molar-refractivity contribution >= 4 is 16.9 Å². The van der Waals surface area contributed by atoms with Gasteiger partial charge < -0.3 is 23.8 Å². The molecule has 4 heterocycles. The molecule has 30 heavy (non-hydrogen) atoms. The number of amides is 1. The minimum absolute atomic E-state index is 0.0140. The van der Waals surface area contributed by atoms with Crippen molar-refractivity contribution in [2.45, 2.75) is 31.9 Å². The second-order valence-electron chi connectivity index (χ2n) is 7.67. The number of aliphatic hydroxyl groups is 1. The Balaban J connectivity index is 1.61. The third kappa shape index (κ3) is 2.79. The maximum atomic E-state index is 15.3. The Morgan fingerprint density at radius 2 is 2.10 bits per heavy atom. The van der Waals surface area contributed by atoms with Crippen LogP contribution in [0.1, 0.15) is 53.6 Å². The molecule has 0 radical (unpaired) electrons. The van der Waals surface area contributed by atoms with Crippen LogP contribution in [0.25, 0.3) is 11.0 Å². The number of benzene rings is 1. The zero-order chi connectivity index (χ0) is 21.0. The van der Waals surface area contributed by atoms with Crippen LogP contribution in [0.4, 0.5) is 4.39 Å². The van der Waals surface area contributed by atoms with Crippen molar-refractivity contribution in [1.82, 2.24) is 25.1 Å². The summed E-state index contributed by atoms with van der Waals surface area (Å²) in [6.07, 6.45) is 2.00. The van der Waals surface area contributed by atoms with Crippen molar-refractivity contribution in [3.8, 4) is 0 Å². The Bertz CT molecular complexity index is 1250. The molecule has 0 aliphatic carbocycles. The molecule has 0 spiro atoms. The molecule has 3 aromatic heterocycles. The van der Waals surface area contributed by atoms with Crippen LogP contribution < -0.4 is 0 Å². The first-order valence-electron chi connectivity index (χ1n) is 9.41.